The molecule has 0 aromatic heterocycles. The minimum atomic E-state index is -1.27. The molecule has 1 rings (SSSR count). The Morgan fingerprint density at radius 1 is 1.33 bits per heavy atom. The first kappa shape index (κ1) is 11.8. The van der Waals surface area contributed by atoms with Crippen molar-refractivity contribution in [1.82, 2.24) is 0 Å². The van der Waals surface area contributed by atoms with Gasteiger partial charge in [-0.3, -0.25) is 0 Å². The fraction of sp³-hybridized carbons (Fsp3) is 0.400. The van der Waals surface area contributed by atoms with Crippen LogP contribution in [0, 0.1) is 0 Å². The number of aliphatic hydroxyl groups is 3. The summed E-state index contributed by atoms with van der Waals surface area (Å²) in [7, 11) is 1.41. The quantitative estimate of drug-likeness (QED) is 0.556. The molecule has 0 saturated carbocycles. The second kappa shape index (κ2) is 4.97. The molecule has 0 fully saturated rings. The highest BCUT2D eigenvalue weighted by Crippen LogP contribution is 2.29. The van der Waals surface area contributed by atoms with Crippen LogP contribution in [0.15, 0.2) is 18.2 Å². The number of methoxy groups -OCH3 is 1. The summed E-state index contributed by atoms with van der Waals surface area (Å²) in [5, 5.41) is 36.8. The molecule has 0 unspecified atom stereocenters. The van der Waals surface area contributed by atoms with Gasteiger partial charge in [0, 0.05) is 0 Å². The minimum absolute atomic E-state index is 0.126. The molecule has 0 aliphatic carbocycles. The van der Waals surface area contributed by atoms with E-state index in [1.165, 1.54) is 25.3 Å². The Morgan fingerprint density at radius 2 is 2.00 bits per heavy atom. The molecule has 0 saturated heterocycles. The van der Waals surface area contributed by atoms with Gasteiger partial charge in [0.05, 0.1) is 13.7 Å². The van der Waals surface area contributed by atoms with Crippen molar-refractivity contribution in [3.8, 4) is 11.5 Å². The van der Waals surface area contributed by atoms with Crippen LogP contribution in [-0.4, -0.2) is 40.2 Å². The van der Waals surface area contributed by atoms with Crippen LogP contribution in [0.5, 0.6) is 11.5 Å². The second-order valence-corrected chi connectivity index (χ2v) is 3.13. The maximum Gasteiger partial charge on any atom is 0.160 e. The van der Waals surface area contributed by atoms with Crippen LogP contribution in [0.2, 0.25) is 0 Å². The van der Waals surface area contributed by atoms with Crippen LogP contribution in [0.3, 0.4) is 0 Å². The lowest BCUT2D eigenvalue weighted by atomic mass is 10.0. The van der Waals surface area contributed by atoms with E-state index in [1.54, 1.807) is 0 Å². The fourth-order valence-corrected chi connectivity index (χ4v) is 1.21. The van der Waals surface area contributed by atoms with Gasteiger partial charge in [0.1, 0.15) is 12.2 Å². The average molecular weight is 214 g/mol. The first-order valence-corrected chi connectivity index (χ1v) is 4.44. The number of benzene rings is 1. The maximum atomic E-state index is 9.52. The first-order valence-electron chi connectivity index (χ1n) is 4.44. The molecule has 1 aromatic carbocycles. The lowest BCUT2D eigenvalue weighted by Gasteiger charge is -2.16. The Bertz CT molecular complexity index is 326. The van der Waals surface area contributed by atoms with Gasteiger partial charge in [-0.05, 0) is 17.7 Å². The highest BCUT2D eigenvalue weighted by atomic mass is 16.5. The van der Waals surface area contributed by atoms with Crippen molar-refractivity contribution in [2.24, 2.45) is 0 Å². The summed E-state index contributed by atoms with van der Waals surface area (Å²) in [6, 6.07) is 4.25. The number of phenols is 1. The van der Waals surface area contributed by atoms with Crippen LogP contribution in [0.4, 0.5) is 0 Å². The Morgan fingerprint density at radius 3 is 2.47 bits per heavy atom. The monoisotopic (exact) mass is 214 g/mol. The van der Waals surface area contributed by atoms with E-state index in [9.17, 15) is 15.3 Å². The van der Waals surface area contributed by atoms with Crippen molar-refractivity contribution in [1.29, 1.82) is 0 Å². The number of rotatable bonds is 4. The molecular formula is C10H14O5. The highest BCUT2D eigenvalue weighted by molar-refractivity contribution is 5.42. The van der Waals surface area contributed by atoms with Crippen molar-refractivity contribution >= 4 is 0 Å². The molecule has 0 bridgehead atoms. The second-order valence-electron chi connectivity index (χ2n) is 3.13. The van der Waals surface area contributed by atoms with E-state index < -0.39 is 18.8 Å². The topological polar surface area (TPSA) is 90.2 Å². The highest BCUT2D eigenvalue weighted by Gasteiger charge is 2.18. The van der Waals surface area contributed by atoms with E-state index in [1.807, 2.05) is 0 Å². The maximum absolute atomic E-state index is 9.52. The SMILES string of the molecule is COc1ccc([C@@H](O)[C@@H](O)CO)cc1O. The zero-order valence-corrected chi connectivity index (χ0v) is 8.29. The van der Waals surface area contributed by atoms with Crippen LogP contribution in [-0.2, 0) is 0 Å². The van der Waals surface area contributed by atoms with Crippen molar-refractivity contribution in [2.75, 3.05) is 13.7 Å². The molecular weight excluding hydrogens is 200 g/mol. The third-order valence-corrected chi connectivity index (χ3v) is 2.10. The van der Waals surface area contributed by atoms with Crippen molar-refractivity contribution in [3.05, 3.63) is 23.8 Å². The summed E-state index contributed by atoms with van der Waals surface area (Å²) in [4.78, 5) is 0. The van der Waals surface area contributed by atoms with E-state index in [0.717, 1.165) is 0 Å². The number of phenolic OH excluding ortho intramolecular Hbond substituents is 1. The molecule has 4 N–H and O–H groups in total. The number of hydrogen-bond donors (Lipinski definition) is 4. The molecule has 5 nitrogen and oxygen atoms in total. The zero-order chi connectivity index (χ0) is 11.4. The van der Waals surface area contributed by atoms with Crippen LogP contribution < -0.4 is 4.74 Å². The molecule has 15 heavy (non-hydrogen) atoms. The van der Waals surface area contributed by atoms with Crippen molar-refractivity contribution in [3.63, 3.8) is 0 Å². The normalized spacial score (nSPS) is 14.7. The van der Waals surface area contributed by atoms with E-state index in [-0.39, 0.29) is 11.5 Å². The van der Waals surface area contributed by atoms with Gasteiger partial charge < -0.3 is 25.2 Å². The lowest BCUT2D eigenvalue weighted by molar-refractivity contribution is -0.0153. The number of ether oxygens (including phenoxy) is 1. The summed E-state index contributed by atoms with van der Waals surface area (Å²) in [6.45, 7) is -0.548. The molecule has 0 aliphatic rings. The fourth-order valence-electron chi connectivity index (χ4n) is 1.21. The summed E-state index contributed by atoms with van der Waals surface area (Å²) < 4.78 is 4.82. The molecule has 0 amide bonds. The molecule has 0 heterocycles. The lowest BCUT2D eigenvalue weighted by Crippen LogP contribution is -2.21. The molecule has 84 valence electrons. The van der Waals surface area contributed by atoms with Crippen LogP contribution in [0.1, 0.15) is 11.7 Å². The third-order valence-electron chi connectivity index (χ3n) is 2.10. The van der Waals surface area contributed by atoms with Gasteiger partial charge in [0.25, 0.3) is 0 Å². The smallest absolute Gasteiger partial charge is 0.160 e. The zero-order valence-electron chi connectivity index (χ0n) is 8.29. The molecule has 0 spiro atoms. The third kappa shape index (κ3) is 2.59. The van der Waals surface area contributed by atoms with E-state index >= 15 is 0 Å². The largest absolute Gasteiger partial charge is 0.504 e. The molecule has 0 radical (unpaired) electrons. The van der Waals surface area contributed by atoms with Crippen molar-refractivity contribution < 1.29 is 25.2 Å². The van der Waals surface area contributed by atoms with Crippen molar-refractivity contribution in [2.45, 2.75) is 12.2 Å². The molecule has 0 aliphatic heterocycles. The van der Waals surface area contributed by atoms with Crippen LogP contribution >= 0.6 is 0 Å². The predicted octanol–water partition coefficient (Wildman–Crippen LogP) is -0.213. The summed E-state index contributed by atoms with van der Waals surface area (Å²) in [5.41, 5.74) is 0.315. The van der Waals surface area contributed by atoms with E-state index in [2.05, 4.69) is 0 Å². The number of aromatic hydroxyl groups is 1. The van der Waals surface area contributed by atoms with E-state index in [4.69, 9.17) is 9.84 Å². The Balaban J connectivity index is 2.92. The van der Waals surface area contributed by atoms with Gasteiger partial charge in [0.15, 0.2) is 11.5 Å². The van der Waals surface area contributed by atoms with E-state index in [0.29, 0.717) is 5.56 Å². The molecule has 5 heteroatoms. The molecule has 2 atom stereocenters. The standard InChI is InChI=1S/C10H14O5/c1-15-9-3-2-6(4-7(9)12)10(14)8(13)5-11/h2-4,8,10-14H,5H2,1H3/t8-,10+/m0/s1. The van der Waals surface area contributed by atoms with Gasteiger partial charge in [0.2, 0.25) is 0 Å². The molecule has 1 aromatic rings. The number of aliphatic hydroxyl groups excluding tert-OH is 3. The summed E-state index contributed by atoms with van der Waals surface area (Å²) >= 11 is 0. The summed E-state index contributed by atoms with van der Waals surface area (Å²) in [5.74, 6) is 0.156. The first-order chi connectivity index (χ1) is 7.10. The van der Waals surface area contributed by atoms with Gasteiger partial charge in [-0.1, -0.05) is 6.07 Å². The Kier molecular flexibility index (Phi) is 3.90. The predicted molar refractivity (Wildman–Crippen MR) is 52.7 cm³/mol. The van der Waals surface area contributed by atoms with Gasteiger partial charge in [-0.25, -0.2) is 0 Å². The Labute approximate surface area is 87.2 Å². The average Bonchev–Trinajstić information content (AvgIpc) is 2.26. The number of hydrogen-bond acceptors (Lipinski definition) is 5. The van der Waals surface area contributed by atoms with Crippen LogP contribution in [0.25, 0.3) is 0 Å². The minimum Gasteiger partial charge on any atom is -0.504 e. The summed E-state index contributed by atoms with van der Waals surface area (Å²) in [6.07, 6.45) is -2.50. The Hall–Kier alpha value is -1.30. The van der Waals surface area contributed by atoms with Gasteiger partial charge >= 0.3 is 0 Å². The van der Waals surface area contributed by atoms with Gasteiger partial charge in [-0.2, -0.15) is 0 Å². The van der Waals surface area contributed by atoms with Gasteiger partial charge in [-0.15, -0.1) is 0 Å².